The van der Waals surface area contributed by atoms with Crippen LogP contribution in [0.15, 0.2) is 36.4 Å². The molecule has 0 radical (unpaired) electrons. The standard InChI is InChI=1S/C19H22N2O2.ClH/c1-23-18-4-2-3-14-11-15(5-6-16(14)18)19(22)20-17-12-21-9-7-13(17)8-10-21;/h2-6,11,13,17H,7-10,12H2,1H3,(H,20,22);1H/t17-;/m0./s1. The topological polar surface area (TPSA) is 41.6 Å². The van der Waals surface area contributed by atoms with Gasteiger partial charge in [-0.05, 0) is 61.5 Å². The van der Waals surface area contributed by atoms with Crippen LogP contribution in [-0.2, 0) is 0 Å². The fraction of sp³-hybridized carbons (Fsp3) is 0.421. The Morgan fingerprint density at radius 1 is 1.21 bits per heavy atom. The number of nitrogens with one attached hydrogen (secondary N) is 1. The third-order valence-corrected chi connectivity index (χ3v) is 5.30. The molecule has 24 heavy (non-hydrogen) atoms. The van der Waals surface area contributed by atoms with Gasteiger partial charge >= 0.3 is 0 Å². The van der Waals surface area contributed by atoms with Crippen LogP contribution in [0.4, 0.5) is 0 Å². The van der Waals surface area contributed by atoms with Gasteiger partial charge in [0.1, 0.15) is 5.75 Å². The predicted octanol–water partition coefficient (Wildman–Crippen LogP) is 3.09. The number of piperidine rings is 3. The molecule has 0 unspecified atom stereocenters. The number of methoxy groups -OCH3 is 1. The van der Waals surface area contributed by atoms with Crippen LogP contribution in [0, 0.1) is 5.92 Å². The first kappa shape index (κ1) is 17.1. The van der Waals surface area contributed by atoms with E-state index in [1.165, 1.54) is 25.9 Å². The van der Waals surface area contributed by atoms with Crippen LogP contribution in [0.1, 0.15) is 23.2 Å². The van der Waals surface area contributed by atoms with Crippen molar-refractivity contribution in [2.24, 2.45) is 5.92 Å². The van der Waals surface area contributed by atoms with E-state index in [2.05, 4.69) is 10.2 Å². The number of halogens is 1. The average molecular weight is 347 g/mol. The first-order valence-electron chi connectivity index (χ1n) is 8.34. The third kappa shape index (κ3) is 3.08. The largest absolute Gasteiger partial charge is 0.496 e. The number of rotatable bonds is 3. The highest BCUT2D eigenvalue weighted by Gasteiger charge is 2.34. The molecule has 1 amide bonds. The molecule has 0 aliphatic carbocycles. The predicted molar refractivity (Wildman–Crippen MR) is 98.2 cm³/mol. The van der Waals surface area contributed by atoms with Crippen molar-refractivity contribution in [2.45, 2.75) is 18.9 Å². The van der Waals surface area contributed by atoms with Crippen molar-refractivity contribution in [2.75, 3.05) is 26.7 Å². The highest BCUT2D eigenvalue weighted by atomic mass is 35.5. The summed E-state index contributed by atoms with van der Waals surface area (Å²) >= 11 is 0. The Morgan fingerprint density at radius 3 is 2.67 bits per heavy atom. The van der Waals surface area contributed by atoms with E-state index in [9.17, 15) is 4.79 Å². The quantitative estimate of drug-likeness (QED) is 0.928. The lowest BCUT2D eigenvalue weighted by atomic mass is 9.84. The molecule has 0 saturated carbocycles. The number of fused-ring (bicyclic) bond motifs is 4. The summed E-state index contributed by atoms with van der Waals surface area (Å²) in [5.41, 5.74) is 0.724. The fourth-order valence-electron chi connectivity index (χ4n) is 3.95. The second-order valence-electron chi connectivity index (χ2n) is 6.61. The molecule has 2 bridgehead atoms. The molecule has 1 N–H and O–H groups in total. The molecular formula is C19H23ClN2O2. The van der Waals surface area contributed by atoms with Crippen molar-refractivity contribution in [1.29, 1.82) is 0 Å². The lowest BCUT2D eigenvalue weighted by molar-refractivity contribution is 0.0620. The van der Waals surface area contributed by atoms with Crippen molar-refractivity contribution in [3.63, 3.8) is 0 Å². The Balaban J connectivity index is 0.00000169. The molecule has 3 fully saturated rings. The van der Waals surface area contributed by atoms with Crippen molar-refractivity contribution >= 4 is 29.1 Å². The van der Waals surface area contributed by atoms with Crippen molar-refractivity contribution in [3.05, 3.63) is 42.0 Å². The van der Waals surface area contributed by atoms with E-state index in [0.29, 0.717) is 12.0 Å². The van der Waals surface area contributed by atoms with Crippen molar-refractivity contribution in [1.82, 2.24) is 10.2 Å². The summed E-state index contributed by atoms with van der Waals surface area (Å²) in [6.45, 7) is 3.37. The van der Waals surface area contributed by atoms with Gasteiger partial charge in [0.15, 0.2) is 0 Å². The maximum Gasteiger partial charge on any atom is 0.251 e. The summed E-state index contributed by atoms with van der Waals surface area (Å²) in [6.07, 6.45) is 2.42. The summed E-state index contributed by atoms with van der Waals surface area (Å²) in [4.78, 5) is 15.1. The Hall–Kier alpha value is -1.78. The highest BCUT2D eigenvalue weighted by molar-refractivity contribution is 6.00. The van der Waals surface area contributed by atoms with Gasteiger partial charge in [-0.2, -0.15) is 0 Å². The number of hydrogen-bond acceptors (Lipinski definition) is 3. The van der Waals surface area contributed by atoms with E-state index in [1.54, 1.807) is 7.11 Å². The van der Waals surface area contributed by atoms with Gasteiger partial charge in [-0.15, -0.1) is 12.4 Å². The van der Waals surface area contributed by atoms with Gasteiger partial charge in [0.05, 0.1) is 7.11 Å². The number of benzene rings is 2. The van der Waals surface area contributed by atoms with Crippen LogP contribution in [0.5, 0.6) is 5.75 Å². The van der Waals surface area contributed by atoms with Crippen LogP contribution in [-0.4, -0.2) is 43.6 Å². The second kappa shape index (κ2) is 6.99. The van der Waals surface area contributed by atoms with Gasteiger partial charge in [-0.25, -0.2) is 0 Å². The van der Waals surface area contributed by atoms with Crippen LogP contribution >= 0.6 is 12.4 Å². The minimum atomic E-state index is 0. The van der Waals surface area contributed by atoms with Crippen LogP contribution in [0.25, 0.3) is 10.8 Å². The zero-order valence-electron chi connectivity index (χ0n) is 13.8. The van der Waals surface area contributed by atoms with Crippen molar-refractivity contribution in [3.8, 4) is 5.75 Å². The van der Waals surface area contributed by atoms with E-state index in [4.69, 9.17) is 4.74 Å². The molecule has 3 saturated heterocycles. The van der Waals surface area contributed by atoms with Crippen LogP contribution in [0.3, 0.4) is 0 Å². The zero-order valence-corrected chi connectivity index (χ0v) is 14.6. The Labute approximate surface area is 148 Å². The summed E-state index contributed by atoms with van der Waals surface area (Å²) in [7, 11) is 1.67. The molecule has 5 rings (SSSR count). The third-order valence-electron chi connectivity index (χ3n) is 5.30. The van der Waals surface area contributed by atoms with Gasteiger partial charge in [0, 0.05) is 23.5 Å². The van der Waals surface area contributed by atoms with E-state index < -0.39 is 0 Å². The van der Waals surface area contributed by atoms with E-state index in [0.717, 1.165) is 28.6 Å². The monoisotopic (exact) mass is 346 g/mol. The van der Waals surface area contributed by atoms with E-state index in [1.807, 2.05) is 36.4 Å². The van der Waals surface area contributed by atoms with Gasteiger partial charge in [-0.3, -0.25) is 4.79 Å². The Kier molecular flexibility index (Phi) is 4.97. The van der Waals surface area contributed by atoms with Crippen molar-refractivity contribution < 1.29 is 9.53 Å². The Bertz CT molecular complexity index is 741. The summed E-state index contributed by atoms with van der Waals surface area (Å²) in [6, 6.07) is 12.0. The smallest absolute Gasteiger partial charge is 0.251 e. The molecule has 2 aromatic carbocycles. The minimum absolute atomic E-state index is 0. The molecule has 5 heteroatoms. The number of amides is 1. The first-order valence-corrected chi connectivity index (χ1v) is 8.34. The lowest BCUT2D eigenvalue weighted by Gasteiger charge is -2.44. The van der Waals surface area contributed by atoms with E-state index >= 15 is 0 Å². The maximum atomic E-state index is 12.6. The number of carbonyl (C=O) groups is 1. The molecule has 0 aromatic heterocycles. The highest BCUT2D eigenvalue weighted by Crippen LogP contribution is 2.29. The lowest BCUT2D eigenvalue weighted by Crippen LogP contribution is -2.57. The second-order valence-corrected chi connectivity index (χ2v) is 6.61. The normalized spacial score (nSPS) is 25.1. The minimum Gasteiger partial charge on any atom is -0.496 e. The average Bonchev–Trinajstić information content (AvgIpc) is 2.61. The van der Waals surface area contributed by atoms with Crippen LogP contribution in [0.2, 0.25) is 0 Å². The van der Waals surface area contributed by atoms with Crippen LogP contribution < -0.4 is 10.1 Å². The van der Waals surface area contributed by atoms with Gasteiger partial charge in [0.25, 0.3) is 5.91 Å². The molecule has 2 aromatic rings. The molecule has 4 nitrogen and oxygen atoms in total. The molecular weight excluding hydrogens is 324 g/mol. The molecule has 0 spiro atoms. The van der Waals surface area contributed by atoms with Gasteiger partial charge in [-0.1, -0.05) is 12.1 Å². The summed E-state index contributed by atoms with van der Waals surface area (Å²) < 4.78 is 5.38. The SMILES string of the molecule is COc1cccc2cc(C(=O)N[C@H]3CN4CCC3CC4)ccc12.Cl. The first-order chi connectivity index (χ1) is 11.2. The molecule has 128 valence electrons. The zero-order chi connectivity index (χ0) is 15.8. The molecule has 3 aliphatic rings. The number of ether oxygens (including phenoxy) is 1. The van der Waals surface area contributed by atoms with E-state index in [-0.39, 0.29) is 18.3 Å². The Morgan fingerprint density at radius 2 is 2.00 bits per heavy atom. The summed E-state index contributed by atoms with van der Waals surface area (Å²) in [5.74, 6) is 1.52. The number of nitrogens with zero attached hydrogens (tertiary/aromatic N) is 1. The number of hydrogen-bond donors (Lipinski definition) is 1. The van der Waals surface area contributed by atoms with Gasteiger partial charge < -0.3 is 15.0 Å². The number of carbonyl (C=O) groups excluding carboxylic acids is 1. The summed E-state index contributed by atoms with van der Waals surface area (Å²) in [5, 5.41) is 5.32. The molecule has 3 heterocycles. The molecule has 3 aliphatic heterocycles. The molecule has 1 atom stereocenters. The maximum absolute atomic E-state index is 12.6. The van der Waals surface area contributed by atoms with Gasteiger partial charge in [0.2, 0.25) is 0 Å². The fourth-order valence-corrected chi connectivity index (χ4v) is 3.95.